The summed E-state index contributed by atoms with van der Waals surface area (Å²) in [5, 5.41) is 23.7. The van der Waals surface area contributed by atoms with Crippen molar-refractivity contribution < 1.29 is 62.5 Å². The van der Waals surface area contributed by atoms with Crippen LogP contribution in [0.4, 0.5) is 0 Å². The number of aliphatic hydroxyl groups is 2. The van der Waals surface area contributed by atoms with Gasteiger partial charge in [-0.25, -0.2) is 4.79 Å². The van der Waals surface area contributed by atoms with Crippen LogP contribution in [-0.2, 0) is 52.3 Å². The summed E-state index contributed by atoms with van der Waals surface area (Å²) in [6, 6.07) is -1.11. The third-order valence-electron chi connectivity index (χ3n) is 16.2. The monoisotopic (exact) mass is 996 g/mol. The molecule has 4 heterocycles. The number of ketones is 2. The van der Waals surface area contributed by atoms with Crippen LogP contribution in [0.15, 0.2) is 59.8 Å². The van der Waals surface area contributed by atoms with Crippen molar-refractivity contribution in [3.05, 3.63) is 59.8 Å². The number of nitrogens with zero attached hydrogens (tertiary/aromatic N) is 1. The summed E-state index contributed by atoms with van der Waals surface area (Å²) in [6.45, 7) is 19.2. The first-order valence-electron chi connectivity index (χ1n) is 26.7. The van der Waals surface area contributed by atoms with Crippen molar-refractivity contribution in [2.24, 2.45) is 35.5 Å². The number of Topliss-reactive ketones (excluding diaryl/α,β-unsaturated/α-hetero) is 2. The molecule has 1 amide bonds. The molecule has 16 atom stereocenters. The first-order valence-corrected chi connectivity index (χ1v) is 26.7. The number of hydrogen-bond acceptors (Lipinski definition) is 13. The van der Waals surface area contributed by atoms with E-state index in [1.807, 2.05) is 38.2 Å². The summed E-state index contributed by atoms with van der Waals surface area (Å²) < 4.78 is 42.5. The molecule has 1 aliphatic carbocycles. The molecule has 4 fully saturated rings. The fraction of sp³-hybridized carbons (Fsp3) is 0.754. The Kier molecular flexibility index (Phi) is 22.9. The van der Waals surface area contributed by atoms with Gasteiger partial charge >= 0.3 is 5.97 Å². The number of ether oxygens (including phenoxy) is 7. The van der Waals surface area contributed by atoms with Gasteiger partial charge in [-0.05, 0) is 131 Å². The summed E-state index contributed by atoms with van der Waals surface area (Å²) in [5.41, 5.74) is 2.23. The van der Waals surface area contributed by atoms with Crippen LogP contribution < -0.4 is 0 Å². The zero-order valence-electron chi connectivity index (χ0n) is 44.7. The van der Waals surface area contributed by atoms with E-state index in [1.165, 1.54) is 4.90 Å². The van der Waals surface area contributed by atoms with Crippen LogP contribution in [0.5, 0.6) is 0 Å². The number of carbonyl (C=O) groups is 4. The van der Waals surface area contributed by atoms with Gasteiger partial charge in [0.1, 0.15) is 30.1 Å². The largest absolute Gasteiger partial charge is 0.460 e. The Labute approximate surface area is 424 Å². The van der Waals surface area contributed by atoms with Crippen LogP contribution in [0.25, 0.3) is 0 Å². The molecule has 3 saturated heterocycles. The second-order valence-corrected chi connectivity index (χ2v) is 21.7. The number of esters is 1. The minimum atomic E-state index is -2.41. The highest BCUT2D eigenvalue weighted by atomic mass is 16.6. The Morgan fingerprint density at radius 3 is 2.31 bits per heavy atom. The van der Waals surface area contributed by atoms with Gasteiger partial charge in [-0.1, -0.05) is 77.7 Å². The molecule has 5 rings (SSSR count). The third kappa shape index (κ3) is 15.8. The van der Waals surface area contributed by atoms with Crippen LogP contribution in [0, 0.1) is 35.5 Å². The summed E-state index contributed by atoms with van der Waals surface area (Å²) in [4.78, 5) is 58.9. The molecule has 2 bridgehead atoms. The topological polar surface area (TPSA) is 177 Å². The molecule has 0 spiro atoms. The van der Waals surface area contributed by atoms with Crippen LogP contribution in [0.3, 0.4) is 0 Å². The number of methoxy groups -OCH3 is 3. The van der Waals surface area contributed by atoms with E-state index < -0.39 is 65.7 Å². The molecule has 4 aliphatic heterocycles. The van der Waals surface area contributed by atoms with Crippen LogP contribution in [-0.4, -0.2) is 140 Å². The lowest BCUT2D eigenvalue weighted by molar-refractivity contribution is -0.265. The number of allylic oxidation sites excluding steroid dienone is 6. The van der Waals surface area contributed by atoms with Crippen molar-refractivity contribution in [3.8, 4) is 0 Å². The van der Waals surface area contributed by atoms with Gasteiger partial charge in [0.25, 0.3) is 11.7 Å². The van der Waals surface area contributed by atoms with Crippen molar-refractivity contribution in [2.45, 2.75) is 199 Å². The number of cyclic esters (lactones) is 1. The molecule has 5 unspecified atom stereocenters. The van der Waals surface area contributed by atoms with E-state index in [1.54, 1.807) is 48.2 Å². The second kappa shape index (κ2) is 27.8. The Bertz CT molecular complexity index is 1900. The Morgan fingerprint density at radius 1 is 0.859 bits per heavy atom. The Hall–Kier alpha value is -3.34. The van der Waals surface area contributed by atoms with Crippen LogP contribution >= 0.6 is 0 Å². The van der Waals surface area contributed by atoms with Gasteiger partial charge in [-0.15, -0.1) is 0 Å². The predicted molar refractivity (Wildman–Crippen MR) is 272 cm³/mol. The molecular weight excluding hydrogens is 907 g/mol. The summed E-state index contributed by atoms with van der Waals surface area (Å²) in [6.07, 6.45) is 16.3. The highest BCUT2D eigenvalue weighted by Gasteiger charge is 2.53. The van der Waals surface area contributed by atoms with Crippen molar-refractivity contribution in [1.29, 1.82) is 0 Å². The summed E-state index contributed by atoms with van der Waals surface area (Å²) >= 11 is 0. The lowest BCUT2D eigenvalue weighted by Crippen LogP contribution is -2.61. The van der Waals surface area contributed by atoms with E-state index in [0.717, 1.165) is 56.3 Å². The van der Waals surface area contributed by atoms with Gasteiger partial charge in [-0.3, -0.25) is 14.4 Å². The SMILES string of the molecule is C=C1[C@H](C)C[C@H](C)/C=C/C=C/C=C(\C)[C@@H](OC)C[C@@H]2CC[C@@H](C)[C@@](O)(O2)C(=O)C(=O)N2CCCC[C@H]2C(=O)O[C@H]([C@@H](C)CC2CCC(OC3CCCOC3)C(OC)C2)CC(=O)[C@H](C)/C=C(\C)C(O)[C@H]1OC. The fourth-order valence-electron chi connectivity index (χ4n) is 11.4. The Morgan fingerprint density at radius 2 is 1.62 bits per heavy atom. The molecule has 0 aromatic rings. The standard InChI is InChI=1S/C57H89NO13/c1-35-18-13-12-14-19-36(2)49(65-9)32-44-24-22-41(7)57(64,71-44)54(61)55(62)58-26-16-15-21-46(58)56(63)70-50(33-47(59)38(4)29-40(6)52(60)53(67-11)42(8)37(3)28-35)39(5)30-43-23-25-48(51(31-43)66-10)69-45-20-17-27-68-34-45/h12-14,18-19,29,35,37-39,41,43-46,48-53,60,64H,8,15-17,20-28,30-34H2,1-7,9-11H3/b14-12+,18-13+,36-19+,40-29+/t35-,37-,38-,39+,41-,43?,44+,45?,46+,48?,49+,50+,51?,52?,53+,57-/m1/s1. The molecule has 5 aliphatic rings. The van der Waals surface area contributed by atoms with Crippen molar-refractivity contribution in [2.75, 3.05) is 41.1 Å². The Balaban J connectivity index is 1.44. The van der Waals surface area contributed by atoms with E-state index in [4.69, 9.17) is 33.2 Å². The molecular formula is C57H89NO13. The van der Waals surface area contributed by atoms with Gasteiger partial charge < -0.3 is 48.3 Å². The molecule has 1 saturated carbocycles. The van der Waals surface area contributed by atoms with E-state index in [-0.39, 0.29) is 73.3 Å². The predicted octanol–water partition coefficient (Wildman–Crippen LogP) is 8.37. The molecule has 0 aromatic carbocycles. The second-order valence-electron chi connectivity index (χ2n) is 21.7. The lowest BCUT2D eigenvalue weighted by atomic mass is 9.78. The van der Waals surface area contributed by atoms with E-state index in [2.05, 4.69) is 26.5 Å². The van der Waals surface area contributed by atoms with Gasteiger partial charge in [0.15, 0.2) is 0 Å². The van der Waals surface area contributed by atoms with E-state index >= 15 is 0 Å². The quantitative estimate of drug-likeness (QED) is 0.135. The number of carbonyl (C=O) groups excluding carboxylic acids is 4. The number of fused-ring (bicyclic) bond motifs is 3. The normalized spacial score (nSPS) is 40.3. The first-order chi connectivity index (χ1) is 33.8. The van der Waals surface area contributed by atoms with E-state index in [9.17, 15) is 29.4 Å². The molecule has 0 aromatic heterocycles. The maximum absolute atomic E-state index is 14.6. The highest BCUT2D eigenvalue weighted by molar-refractivity contribution is 6.39. The number of rotatable bonds is 8. The fourth-order valence-corrected chi connectivity index (χ4v) is 11.4. The number of aliphatic hydroxyl groups excluding tert-OH is 1. The van der Waals surface area contributed by atoms with Gasteiger partial charge in [-0.2, -0.15) is 0 Å². The number of piperidine rings is 1. The minimum absolute atomic E-state index is 0.00391. The first kappa shape index (κ1) is 58.5. The van der Waals surface area contributed by atoms with Gasteiger partial charge in [0.05, 0.1) is 37.1 Å². The minimum Gasteiger partial charge on any atom is -0.460 e. The van der Waals surface area contributed by atoms with Crippen molar-refractivity contribution in [3.63, 3.8) is 0 Å². The molecule has 0 radical (unpaired) electrons. The molecule has 14 heteroatoms. The molecule has 2 N–H and O–H groups in total. The van der Waals surface area contributed by atoms with Crippen LogP contribution in [0.2, 0.25) is 0 Å². The van der Waals surface area contributed by atoms with Crippen LogP contribution in [0.1, 0.15) is 138 Å². The summed E-state index contributed by atoms with van der Waals surface area (Å²) in [5.74, 6) is -6.66. The van der Waals surface area contributed by atoms with Gasteiger partial charge in [0, 0.05) is 59.2 Å². The average molecular weight is 996 g/mol. The average Bonchev–Trinajstić information content (AvgIpc) is 3.36. The number of amides is 1. The maximum Gasteiger partial charge on any atom is 0.329 e. The third-order valence-corrected chi connectivity index (χ3v) is 16.2. The van der Waals surface area contributed by atoms with Crippen molar-refractivity contribution in [1.82, 2.24) is 4.90 Å². The van der Waals surface area contributed by atoms with Gasteiger partial charge in [0.2, 0.25) is 5.79 Å². The zero-order chi connectivity index (χ0) is 52.0. The molecule has 14 nitrogen and oxygen atoms in total. The van der Waals surface area contributed by atoms with Crippen molar-refractivity contribution >= 4 is 23.4 Å². The molecule has 400 valence electrons. The van der Waals surface area contributed by atoms with E-state index in [0.29, 0.717) is 50.7 Å². The molecule has 71 heavy (non-hydrogen) atoms. The maximum atomic E-state index is 14.6. The zero-order valence-corrected chi connectivity index (χ0v) is 44.7. The lowest BCUT2D eigenvalue weighted by Gasteiger charge is -2.42. The summed E-state index contributed by atoms with van der Waals surface area (Å²) in [7, 11) is 4.86. The number of hydrogen-bond donors (Lipinski definition) is 2. The highest BCUT2D eigenvalue weighted by Crippen LogP contribution is 2.39. The smallest absolute Gasteiger partial charge is 0.329 e.